The van der Waals surface area contributed by atoms with Crippen molar-refractivity contribution in [2.75, 3.05) is 44.5 Å². The van der Waals surface area contributed by atoms with E-state index in [1.165, 1.54) is 11.8 Å². The van der Waals surface area contributed by atoms with Crippen LogP contribution in [0, 0.1) is 6.92 Å². The van der Waals surface area contributed by atoms with Crippen LogP contribution in [0.5, 0.6) is 5.88 Å². The highest BCUT2D eigenvalue weighted by molar-refractivity contribution is 5.96. The van der Waals surface area contributed by atoms with Crippen LogP contribution in [0.25, 0.3) is 0 Å². The summed E-state index contributed by atoms with van der Waals surface area (Å²) < 4.78 is 6.62. The molecule has 0 aliphatic heterocycles. The molecule has 0 bridgehead atoms. The van der Waals surface area contributed by atoms with Gasteiger partial charge in [0.15, 0.2) is 0 Å². The van der Waals surface area contributed by atoms with Crippen molar-refractivity contribution in [1.29, 1.82) is 0 Å². The molecule has 0 saturated carbocycles. The number of nitrogens with one attached hydrogen (secondary N) is 2. The number of nitrogens with zero attached hydrogens (tertiary/aromatic N) is 5. The molecule has 2 heterocycles. The predicted octanol–water partition coefficient (Wildman–Crippen LogP) is 0.435. The van der Waals surface area contributed by atoms with Crippen molar-refractivity contribution >= 4 is 17.7 Å². The van der Waals surface area contributed by atoms with Crippen molar-refractivity contribution in [1.82, 2.24) is 25.1 Å². The van der Waals surface area contributed by atoms with Crippen LogP contribution in [-0.4, -0.2) is 60.0 Å². The number of rotatable bonds is 7. The molecular formula is C15H23N7O2. The highest BCUT2D eigenvalue weighted by atomic mass is 16.5. The summed E-state index contributed by atoms with van der Waals surface area (Å²) in [4.78, 5) is 22.8. The molecule has 0 unspecified atom stereocenters. The summed E-state index contributed by atoms with van der Waals surface area (Å²) >= 11 is 0. The number of amides is 1. The molecule has 0 aliphatic rings. The zero-order chi connectivity index (χ0) is 17.7. The Morgan fingerprint density at radius 2 is 2.08 bits per heavy atom. The lowest BCUT2D eigenvalue weighted by Crippen LogP contribution is -2.29. The Hall–Kier alpha value is -2.84. The SMILES string of the molecule is COc1nn(C)cc1C(=O)NCCNc1nc(C)cc(N(C)C)n1. The molecule has 9 nitrogen and oxygen atoms in total. The summed E-state index contributed by atoms with van der Waals surface area (Å²) in [5.41, 5.74) is 1.28. The fraction of sp³-hybridized carbons (Fsp3) is 0.467. The van der Waals surface area contributed by atoms with E-state index in [-0.39, 0.29) is 5.91 Å². The first-order valence-electron chi connectivity index (χ1n) is 7.53. The van der Waals surface area contributed by atoms with Gasteiger partial charge in [-0.15, -0.1) is 5.10 Å². The molecule has 2 N–H and O–H groups in total. The van der Waals surface area contributed by atoms with E-state index in [1.807, 2.05) is 32.0 Å². The van der Waals surface area contributed by atoms with Crippen LogP contribution in [0.2, 0.25) is 0 Å². The Morgan fingerprint density at radius 1 is 1.33 bits per heavy atom. The van der Waals surface area contributed by atoms with Crippen LogP contribution in [0.15, 0.2) is 12.3 Å². The van der Waals surface area contributed by atoms with Crippen molar-refractivity contribution in [3.8, 4) is 5.88 Å². The van der Waals surface area contributed by atoms with Gasteiger partial charge >= 0.3 is 0 Å². The van der Waals surface area contributed by atoms with Gasteiger partial charge in [0.05, 0.1) is 7.11 Å². The Bertz CT molecular complexity index is 712. The number of methoxy groups -OCH3 is 1. The average Bonchev–Trinajstić information content (AvgIpc) is 2.92. The van der Waals surface area contributed by atoms with Gasteiger partial charge in [0.25, 0.3) is 5.91 Å². The van der Waals surface area contributed by atoms with Gasteiger partial charge < -0.3 is 20.3 Å². The Kier molecular flexibility index (Phi) is 5.56. The first-order chi connectivity index (χ1) is 11.4. The minimum atomic E-state index is -0.235. The van der Waals surface area contributed by atoms with Crippen LogP contribution < -0.4 is 20.3 Å². The minimum absolute atomic E-state index is 0.235. The number of carbonyl (C=O) groups is 1. The largest absolute Gasteiger partial charge is 0.479 e. The van der Waals surface area contributed by atoms with E-state index in [0.717, 1.165) is 11.5 Å². The second-order valence-corrected chi connectivity index (χ2v) is 5.49. The lowest BCUT2D eigenvalue weighted by Gasteiger charge is -2.13. The van der Waals surface area contributed by atoms with Crippen LogP contribution in [0.1, 0.15) is 16.1 Å². The zero-order valence-electron chi connectivity index (χ0n) is 14.6. The molecular weight excluding hydrogens is 310 g/mol. The highest BCUT2D eigenvalue weighted by Gasteiger charge is 2.15. The summed E-state index contributed by atoms with van der Waals surface area (Å²) in [7, 11) is 7.07. The number of carbonyl (C=O) groups excluding carboxylic acids is 1. The van der Waals surface area contributed by atoms with E-state index < -0.39 is 0 Å². The van der Waals surface area contributed by atoms with E-state index >= 15 is 0 Å². The summed E-state index contributed by atoms with van der Waals surface area (Å²) in [5.74, 6) is 1.43. The molecule has 24 heavy (non-hydrogen) atoms. The molecule has 0 fully saturated rings. The Morgan fingerprint density at radius 3 is 2.75 bits per heavy atom. The summed E-state index contributed by atoms with van der Waals surface area (Å²) in [6.07, 6.45) is 1.62. The van der Waals surface area contributed by atoms with E-state index in [0.29, 0.717) is 30.5 Å². The van der Waals surface area contributed by atoms with Crippen molar-refractivity contribution in [3.05, 3.63) is 23.5 Å². The summed E-state index contributed by atoms with van der Waals surface area (Å²) in [6.45, 7) is 2.84. The molecule has 0 spiro atoms. The first-order valence-corrected chi connectivity index (χ1v) is 7.53. The second kappa shape index (κ2) is 7.62. The van der Waals surface area contributed by atoms with E-state index in [4.69, 9.17) is 4.74 Å². The molecule has 2 rings (SSSR count). The molecule has 130 valence electrons. The predicted molar refractivity (Wildman–Crippen MR) is 91.7 cm³/mol. The monoisotopic (exact) mass is 333 g/mol. The smallest absolute Gasteiger partial charge is 0.258 e. The molecule has 1 amide bonds. The third kappa shape index (κ3) is 4.34. The van der Waals surface area contributed by atoms with Crippen molar-refractivity contribution in [2.45, 2.75) is 6.92 Å². The number of anilines is 2. The molecule has 0 aromatic carbocycles. The third-order valence-corrected chi connectivity index (χ3v) is 3.23. The third-order valence-electron chi connectivity index (χ3n) is 3.23. The van der Waals surface area contributed by atoms with E-state index in [2.05, 4.69) is 25.7 Å². The van der Waals surface area contributed by atoms with Gasteiger partial charge in [-0.25, -0.2) is 4.98 Å². The first kappa shape index (κ1) is 17.5. The molecule has 9 heteroatoms. The van der Waals surface area contributed by atoms with Crippen LogP contribution in [-0.2, 0) is 7.05 Å². The number of ether oxygens (including phenoxy) is 1. The number of hydrogen-bond donors (Lipinski definition) is 2. The maximum Gasteiger partial charge on any atom is 0.258 e. The quantitative estimate of drug-likeness (QED) is 0.709. The normalized spacial score (nSPS) is 10.4. The fourth-order valence-electron chi connectivity index (χ4n) is 2.08. The van der Waals surface area contributed by atoms with Gasteiger partial charge in [-0.3, -0.25) is 9.48 Å². The van der Waals surface area contributed by atoms with Crippen LogP contribution >= 0.6 is 0 Å². The zero-order valence-corrected chi connectivity index (χ0v) is 14.6. The Balaban J connectivity index is 1.88. The van der Waals surface area contributed by atoms with Crippen LogP contribution in [0.4, 0.5) is 11.8 Å². The average molecular weight is 333 g/mol. The van der Waals surface area contributed by atoms with Crippen LogP contribution in [0.3, 0.4) is 0 Å². The highest BCUT2D eigenvalue weighted by Crippen LogP contribution is 2.14. The molecule has 0 saturated heterocycles. The van der Waals surface area contributed by atoms with E-state index in [1.54, 1.807) is 13.2 Å². The van der Waals surface area contributed by atoms with E-state index in [9.17, 15) is 4.79 Å². The summed E-state index contributed by atoms with van der Waals surface area (Å²) in [6, 6.07) is 1.90. The van der Waals surface area contributed by atoms with Gasteiger partial charge in [0.2, 0.25) is 11.8 Å². The molecule has 0 aliphatic carbocycles. The van der Waals surface area contributed by atoms with Crippen molar-refractivity contribution < 1.29 is 9.53 Å². The van der Waals surface area contributed by atoms with Gasteiger partial charge in [0, 0.05) is 52.2 Å². The maximum absolute atomic E-state index is 12.1. The van der Waals surface area contributed by atoms with Gasteiger partial charge in [-0.1, -0.05) is 0 Å². The number of hydrogen-bond acceptors (Lipinski definition) is 7. The fourth-order valence-corrected chi connectivity index (χ4v) is 2.08. The standard InChI is InChI=1S/C15H23N7O2/c1-10-8-12(21(2)3)19-15(18-10)17-7-6-16-13(23)11-9-22(4)20-14(11)24-5/h8-9H,6-7H2,1-5H3,(H,16,23)(H,17,18,19). The maximum atomic E-state index is 12.1. The van der Waals surface area contributed by atoms with Gasteiger partial charge in [0.1, 0.15) is 11.4 Å². The number of aromatic nitrogens is 4. The molecule has 0 atom stereocenters. The Labute approximate surface area is 141 Å². The van der Waals surface area contributed by atoms with Gasteiger partial charge in [-0.05, 0) is 6.92 Å². The van der Waals surface area contributed by atoms with Gasteiger partial charge in [-0.2, -0.15) is 4.98 Å². The molecule has 0 radical (unpaired) electrons. The van der Waals surface area contributed by atoms with Crippen molar-refractivity contribution in [3.63, 3.8) is 0 Å². The van der Waals surface area contributed by atoms with Crippen molar-refractivity contribution in [2.24, 2.45) is 7.05 Å². The topological polar surface area (TPSA) is 97.2 Å². The summed E-state index contributed by atoms with van der Waals surface area (Å²) in [5, 5.41) is 9.97. The molecule has 2 aromatic heterocycles. The number of aryl methyl sites for hydroxylation is 2. The molecule has 2 aromatic rings. The minimum Gasteiger partial charge on any atom is -0.479 e. The lowest BCUT2D eigenvalue weighted by atomic mass is 10.3. The lowest BCUT2D eigenvalue weighted by molar-refractivity contribution is 0.0952. The second-order valence-electron chi connectivity index (χ2n) is 5.49.